The molecule has 1 saturated carbocycles. The Kier molecular flexibility index (Phi) is 5.54. The van der Waals surface area contributed by atoms with Gasteiger partial charge in [0.15, 0.2) is 11.5 Å². The number of urea groups is 1. The number of primary amides is 1. The highest BCUT2D eigenvalue weighted by molar-refractivity contribution is 5.78. The van der Waals surface area contributed by atoms with Crippen molar-refractivity contribution in [3.05, 3.63) is 23.8 Å². The van der Waals surface area contributed by atoms with Gasteiger partial charge >= 0.3 is 12.0 Å². The number of amides is 2. The Morgan fingerprint density at radius 1 is 1.12 bits per heavy atom. The lowest BCUT2D eigenvalue weighted by Gasteiger charge is -2.20. The normalized spacial score (nSPS) is 23.1. The molecule has 1 aromatic carbocycles. The van der Waals surface area contributed by atoms with Crippen LogP contribution in [0.25, 0.3) is 0 Å². The zero-order valence-corrected chi connectivity index (χ0v) is 15.3. The van der Waals surface area contributed by atoms with E-state index in [0.717, 1.165) is 18.4 Å². The monoisotopic (exact) mass is 362 g/mol. The molecule has 142 valence electrons. The molecule has 0 unspecified atom stereocenters. The molecule has 7 nitrogen and oxygen atoms in total. The average molecular weight is 362 g/mol. The second kappa shape index (κ2) is 7.85. The molecule has 2 N–H and O–H groups in total. The fraction of sp³-hybridized carbons (Fsp3) is 0.579. The third-order valence-corrected chi connectivity index (χ3v) is 5.35. The van der Waals surface area contributed by atoms with Crippen molar-refractivity contribution in [2.75, 3.05) is 27.3 Å². The van der Waals surface area contributed by atoms with Crippen molar-refractivity contribution >= 4 is 12.0 Å². The Bertz CT molecular complexity index is 672. The molecule has 1 aliphatic heterocycles. The van der Waals surface area contributed by atoms with Gasteiger partial charge in [-0.15, -0.1) is 0 Å². The first-order chi connectivity index (χ1) is 12.5. The minimum Gasteiger partial charge on any atom is -0.493 e. The van der Waals surface area contributed by atoms with E-state index in [9.17, 15) is 9.59 Å². The summed E-state index contributed by atoms with van der Waals surface area (Å²) in [5.74, 6) is 0.373. The number of hydrogen-bond donors (Lipinski definition) is 1. The Balaban J connectivity index is 1.88. The second-order valence-electron chi connectivity index (χ2n) is 6.91. The quantitative estimate of drug-likeness (QED) is 0.812. The second-order valence-corrected chi connectivity index (χ2v) is 6.91. The maximum atomic E-state index is 12.2. The number of carbonyl (C=O) groups excluding carboxylic acids is 2. The van der Waals surface area contributed by atoms with Gasteiger partial charge in [-0.2, -0.15) is 0 Å². The Morgan fingerprint density at radius 3 is 2.46 bits per heavy atom. The van der Waals surface area contributed by atoms with Crippen molar-refractivity contribution in [2.45, 2.75) is 37.7 Å². The zero-order valence-electron chi connectivity index (χ0n) is 15.3. The molecule has 1 heterocycles. The third kappa shape index (κ3) is 3.71. The minimum atomic E-state index is -0.530. The van der Waals surface area contributed by atoms with Crippen LogP contribution in [0.15, 0.2) is 18.2 Å². The molecule has 0 spiro atoms. The van der Waals surface area contributed by atoms with Crippen molar-refractivity contribution in [1.29, 1.82) is 0 Å². The number of nitrogens with zero attached hydrogens (tertiary/aromatic N) is 1. The van der Waals surface area contributed by atoms with Crippen LogP contribution < -0.4 is 15.2 Å². The van der Waals surface area contributed by atoms with Crippen LogP contribution in [0.3, 0.4) is 0 Å². The summed E-state index contributed by atoms with van der Waals surface area (Å²) < 4.78 is 16.5. The van der Waals surface area contributed by atoms with Crippen LogP contribution in [0.4, 0.5) is 4.79 Å². The molecule has 2 amide bonds. The zero-order chi connectivity index (χ0) is 18.7. The lowest BCUT2D eigenvalue weighted by molar-refractivity contribution is -0.145. The van der Waals surface area contributed by atoms with E-state index in [1.165, 1.54) is 24.9 Å². The average Bonchev–Trinajstić information content (AvgIpc) is 3.30. The van der Waals surface area contributed by atoms with Crippen LogP contribution in [-0.2, 0) is 9.53 Å². The number of nitrogens with two attached hydrogens (primary N) is 1. The lowest BCUT2D eigenvalue weighted by atomic mass is 9.89. The molecular formula is C19H26N2O5. The Labute approximate surface area is 153 Å². The summed E-state index contributed by atoms with van der Waals surface area (Å²) in [6, 6.07) is 5.14. The standard InChI is InChI=1S/C19H26N2O5/c1-24-16-8-7-12(9-17(16)26-13-5-3-4-6-13)14-10-21(19(20)23)11-15(14)18(22)25-2/h7-9,13-15H,3-6,10-11H2,1-2H3,(H2,20,23)/t14-,15+/m1/s1. The number of ether oxygens (including phenoxy) is 3. The van der Waals surface area contributed by atoms with E-state index in [-0.39, 0.29) is 24.5 Å². The fourth-order valence-corrected chi connectivity index (χ4v) is 3.91. The van der Waals surface area contributed by atoms with Gasteiger partial charge in [0.1, 0.15) is 0 Å². The number of carbonyl (C=O) groups is 2. The van der Waals surface area contributed by atoms with Crippen molar-refractivity contribution in [2.24, 2.45) is 11.7 Å². The largest absolute Gasteiger partial charge is 0.493 e. The van der Waals surface area contributed by atoms with Gasteiger partial charge in [-0.1, -0.05) is 6.07 Å². The van der Waals surface area contributed by atoms with E-state index >= 15 is 0 Å². The van der Waals surface area contributed by atoms with Crippen LogP contribution in [0.1, 0.15) is 37.2 Å². The first kappa shape index (κ1) is 18.4. The van der Waals surface area contributed by atoms with Crippen molar-refractivity contribution in [3.63, 3.8) is 0 Å². The number of hydrogen-bond acceptors (Lipinski definition) is 5. The lowest BCUT2D eigenvalue weighted by Crippen LogP contribution is -2.34. The smallest absolute Gasteiger partial charge is 0.314 e. The van der Waals surface area contributed by atoms with Crippen LogP contribution in [0.2, 0.25) is 0 Å². The molecule has 0 bridgehead atoms. The minimum absolute atomic E-state index is 0.188. The van der Waals surface area contributed by atoms with Gasteiger partial charge in [0, 0.05) is 19.0 Å². The summed E-state index contributed by atoms with van der Waals surface area (Å²) in [6.45, 7) is 0.641. The molecule has 0 radical (unpaired) electrons. The van der Waals surface area contributed by atoms with Crippen LogP contribution in [-0.4, -0.2) is 50.3 Å². The Hall–Kier alpha value is -2.44. The highest BCUT2D eigenvalue weighted by atomic mass is 16.5. The molecule has 1 aliphatic carbocycles. The van der Waals surface area contributed by atoms with Gasteiger partial charge in [-0.05, 0) is 43.4 Å². The van der Waals surface area contributed by atoms with Crippen molar-refractivity contribution < 1.29 is 23.8 Å². The van der Waals surface area contributed by atoms with Crippen LogP contribution in [0, 0.1) is 5.92 Å². The molecule has 2 fully saturated rings. The highest BCUT2D eigenvalue weighted by Crippen LogP contribution is 2.39. The van der Waals surface area contributed by atoms with Gasteiger partial charge in [0.2, 0.25) is 0 Å². The van der Waals surface area contributed by atoms with Crippen molar-refractivity contribution in [1.82, 2.24) is 4.90 Å². The molecule has 1 saturated heterocycles. The predicted molar refractivity (Wildman–Crippen MR) is 95.3 cm³/mol. The van der Waals surface area contributed by atoms with E-state index in [4.69, 9.17) is 19.9 Å². The van der Waals surface area contributed by atoms with E-state index in [1.807, 2.05) is 18.2 Å². The van der Waals surface area contributed by atoms with Gasteiger partial charge in [-0.3, -0.25) is 4.79 Å². The summed E-state index contributed by atoms with van der Waals surface area (Å²) in [5.41, 5.74) is 6.33. The molecule has 26 heavy (non-hydrogen) atoms. The topological polar surface area (TPSA) is 91.1 Å². The van der Waals surface area contributed by atoms with E-state index in [2.05, 4.69) is 0 Å². The highest BCUT2D eigenvalue weighted by Gasteiger charge is 2.41. The Morgan fingerprint density at radius 2 is 1.85 bits per heavy atom. The summed E-state index contributed by atoms with van der Waals surface area (Å²) in [7, 11) is 2.97. The van der Waals surface area contributed by atoms with Crippen molar-refractivity contribution in [3.8, 4) is 11.5 Å². The predicted octanol–water partition coefficient (Wildman–Crippen LogP) is 2.28. The molecule has 3 rings (SSSR count). The number of esters is 1. The van der Waals surface area contributed by atoms with E-state index < -0.39 is 11.9 Å². The fourth-order valence-electron chi connectivity index (χ4n) is 3.91. The van der Waals surface area contributed by atoms with Gasteiger partial charge < -0.3 is 24.8 Å². The molecular weight excluding hydrogens is 336 g/mol. The SMILES string of the molecule is COC(=O)[C@H]1CN(C(N)=O)C[C@@H]1c1ccc(OC)c(OC2CCCC2)c1. The molecule has 1 aromatic rings. The van der Waals surface area contributed by atoms with Gasteiger partial charge in [0.25, 0.3) is 0 Å². The van der Waals surface area contributed by atoms with Crippen LogP contribution >= 0.6 is 0 Å². The number of methoxy groups -OCH3 is 2. The summed E-state index contributed by atoms with van der Waals surface area (Å²) in [4.78, 5) is 25.3. The van der Waals surface area contributed by atoms with Crippen LogP contribution in [0.5, 0.6) is 11.5 Å². The number of benzene rings is 1. The number of rotatable bonds is 5. The first-order valence-corrected chi connectivity index (χ1v) is 9.00. The maximum Gasteiger partial charge on any atom is 0.314 e. The van der Waals surface area contributed by atoms with Gasteiger partial charge in [0.05, 0.1) is 26.2 Å². The first-order valence-electron chi connectivity index (χ1n) is 9.00. The third-order valence-electron chi connectivity index (χ3n) is 5.35. The molecule has 2 aliphatic rings. The van der Waals surface area contributed by atoms with E-state index in [0.29, 0.717) is 18.0 Å². The summed E-state index contributed by atoms with van der Waals surface area (Å²) in [5, 5.41) is 0. The number of likely N-dealkylation sites (tertiary alicyclic amines) is 1. The molecule has 2 atom stereocenters. The molecule has 0 aromatic heterocycles. The molecule has 7 heteroatoms. The van der Waals surface area contributed by atoms with Gasteiger partial charge in [-0.25, -0.2) is 4.79 Å². The summed E-state index contributed by atoms with van der Waals surface area (Å²) >= 11 is 0. The summed E-state index contributed by atoms with van der Waals surface area (Å²) in [6.07, 6.45) is 4.62. The van der Waals surface area contributed by atoms with E-state index in [1.54, 1.807) is 7.11 Å². The maximum absolute atomic E-state index is 12.2.